The van der Waals surface area contributed by atoms with Crippen LogP contribution in [0.1, 0.15) is 42.9 Å². The van der Waals surface area contributed by atoms with Crippen molar-refractivity contribution < 1.29 is 14.6 Å². The Morgan fingerprint density at radius 1 is 1.35 bits per heavy atom. The number of hydrogen-bond donors (Lipinski definition) is 1. The fraction of sp³-hybridized carbons (Fsp3) is 0.625. The van der Waals surface area contributed by atoms with Crippen molar-refractivity contribution in [1.82, 2.24) is 0 Å². The maximum atomic E-state index is 8.69. The van der Waals surface area contributed by atoms with Crippen molar-refractivity contribution in [2.24, 2.45) is 0 Å². The molecule has 4 heteroatoms. The SMILES string of the molecule is CC1CC(OCc2ccc(C#CCCO)s2)CC(C)O1. The summed E-state index contributed by atoms with van der Waals surface area (Å²) in [5.74, 6) is 5.99. The molecule has 2 heterocycles. The van der Waals surface area contributed by atoms with Crippen LogP contribution in [0.25, 0.3) is 0 Å². The number of rotatable bonds is 4. The van der Waals surface area contributed by atoms with Crippen molar-refractivity contribution in [1.29, 1.82) is 0 Å². The minimum absolute atomic E-state index is 0.120. The lowest BCUT2D eigenvalue weighted by atomic mass is 10.0. The molecule has 0 aliphatic carbocycles. The van der Waals surface area contributed by atoms with Crippen LogP contribution < -0.4 is 0 Å². The third kappa shape index (κ3) is 4.92. The van der Waals surface area contributed by atoms with Gasteiger partial charge in [-0.15, -0.1) is 11.3 Å². The van der Waals surface area contributed by atoms with E-state index in [0.29, 0.717) is 19.1 Å². The molecular weight excluding hydrogens is 272 g/mol. The van der Waals surface area contributed by atoms with Crippen molar-refractivity contribution >= 4 is 11.3 Å². The first-order valence-electron chi connectivity index (χ1n) is 7.13. The first-order valence-corrected chi connectivity index (χ1v) is 7.94. The molecule has 110 valence electrons. The lowest BCUT2D eigenvalue weighted by molar-refractivity contribution is -0.105. The predicted octanol–water partition coefficient (Wildman–Crippen LogP) is 2.95. The van der Waals surface area contributed by atoms with Gasteiger partial charge in [-0.3, -0.25) is 0 Å². The van der Waals surface area contributed by atoms with E-state index >= 15 is 0 Å². The third-order valence-corrected chi connectivity index (χ3v) is 4.20. The molecule has 3 nitrogen and oxygen atoms in total. The van der Waals surface area contributed by atoms with Gasteiger partial charge in [-0.1, -0.05) is 11.8 Å². The van der Waals surface area contributed by atoms with E-state index in [-0.39, 0.29) is 18.8 Å². The molecule has 0 aromatic carbocycles. The average Bonchev–Trinajstić information content (AvgIpc) is 2.84. The van der Waals surface area contributed by atoms with Crippen molar-refractivity contribution in [2.45, 2.75) is 58.0 Å². The number of hydrogen-bond acceptors (Lipinski definition) is 4. The summed E-state index contributed by atoms with van der Waals surface area (Å²) in [6.07, 6.45) is 3.33. The number of ether oxygens (including phenoxy) is 2. The minimum atomic E-state index is 0.120. The molecular formula is C16H22O3S. The Balaban J connectivity index is 1.81. The summed E-state index contributed by atoms with van der Waals surface area (Å²) in [6, 6.07) is 4.09. The minimum Gasteiger partial charge on any atom is -0.395 e. The normalized spacial score (nSPS) is 26.1. The molecule has 2 rings (SSSR count). The maximum absolute atomic E-state index is 8.69. The van der Waals surface area contributed by atoms with Crippen LogP contribution in [-0.2, 0) is 16.1 Å². The zero-order valence-corrected chi connectivity index (χ0v) is 12.9. The van der Waals surface area contributed by atoms with Crippen LogP contribution in [0, 0.1) is 11.8 Å². The number of aliphatic hydroxyl groups is 1. The van der Waals surface area contributed by atoms with E-state index in [1.807, 2.05) is 6.07 Å². The van der Waals surface area contributed by atoms with Crippen molar-refractivity contribution in [3.63, 3.8) is 0 Å². The molecule has 0 saturated carbocycles. The van der Waals surface area contributed by atoms with Crippen LogP contribution in [0.2, 0.25) is 0 Å². The fourth-order valence-corrected chi connectivity index (χ4v) is 3.21. The second-order valence-electron chi connectivity index (χ2n) is 5.20. The van der Waals surface area contributed by atoms with Crippen LogP contribution in [0.3, 0.4) is 0 Å². The summed E-state index contributed by atoms with van der Waals surface area (Å²) in [5, 5.41) is 8.69. The Labute approximate surface area is 124 Å². The van der Waals surface area contributed by atoms with E-state index in [9.17, 15) is 0 Å². The largest absolute Gasteiger partial charge is 0.395 e. The molecule has 1 aliphatic heterocycles. The van der Waals surface area contributed by atoms with Gasteiger partial charge >= 0.3 is 0 Å². The van der Waals surface area contributed by atoms with Crippen LogP contribution in [0.15, 0.2) is 12.1 Å². The molecule has 2 unspecified atom stereocenters. The highest BCUT2D eigenvalue weighted by Gasteiger charge is 2.24. The second-order valence-corrected chi connectivity index (χ2v) is 6.37. The molecule has 1 aromatic rings. The molecule has 20 heavy (non-hydrogen) atoms. The van der Waals surface area contributed by atoms with Gasteiger partial charge in [0.05, 0.1) is 36.4 Å². The predicted molar refractivity (Wildman–Crippen MR) is 80.7 cm³/mol. The maximum Gasteiger partial charge on any atom is 0.0813 e. The van der Waals surface area contributed by atoms with Crippen LogP contribution >= 0.6 is 11.3 Å². The Morgan fingerprint density at radius 2 is 2.10 bits per heavy atom. The number of aliphatic hydroxyl groups excluding tert-OH is 1. The first kappa shape index (κ1) is 15.5. The highest BCUT2D eigenvalue weighted by Crippen LogP contribution is 2.24. The van der Waals surface area contributed by atoms with E-state index in [0.717, 1.165) is 17.7 Å². The molecule has 0 spiro atoms. The zero-order valence-electron chi connectivity index (χ0n) is 12.1. The molecule has 0 bridgehead atoms. The van der Waals surface area contributed by atoms with Gasteiger partial charge in [0.1, 0.15) is 0 Å². The standard InChI is InChI=1S/C16H22O3S/c1-12-9-14(10-13(2)19-12)18-11-16-7-6-15(20-16)5-3-4-8-17/h6-7,12-14,17H,4,8-11H2,1-2H3. The summed E-state index contributed by atoms with van der Waals surface area (Å²) in [7, 11) is 0. The highest BCUT2D eigenvalue weighted by atomic mass is 32.1. The van der Waals surface area contributed by atoms with Gasteiger partial charge < -0.3 is 14.6 Å². The van der Waals surface area contributed by atoms with Gasteiger partial charge in [-0.25, -0.2) is 0 Å². The monoisotopic (exact) mass is 294 g/mol. The fourth-order valence-electron chi connectivity index (χ4n) is 2.41. The zero-order chi connectivity index (χ0) is 14.4. The van der Waals surface area contributed by atoms with E-state index < -0.39 is 0 Å². The van der Waals surface area contributed by atoms with Gasteiger partial charge in [0.15, 0.2) is 0 Å². The molecule has 1 N–H and O–H groups in total. The lowest BCUT2D eigenvalue weighted by Crippen LogP contribution is -2.33. The topological polar surface area (TPSA) is 38.7 Å². The van der Waals surface area contributed by atoms with Gasteiger partial charge in [0.2, 0.25) is 0 Å². The van der Waals surface area contributed by atoms with Gasteiger partial charge in [-0.2, -0.15) is 0 Å². The first-order chi connectivity index (χ1) is 9.67. The molecule has 1 aromatic heterocycles. The van der Waals surface area contributed by atoms with Gasteiger partial charge in [0.25, 0.3) is 0 Å². The highest BCUT2D eigenvalue weighted by molar-refractivity contribution is 7.12. The Kier molecular flexibility index (Phi) is 6.06. The lowest BCUT2D eigenvalue weighted by Gasteiger charge is -2.31. The van der Waals surface area contributed by atoms with E-state index in [2.05, 4.69) is 31.8 Å². The Hall–Kier alpha value is -0.860. The van der Waals surface area contributed by atoms with Crippen LogP contribution in [-0.4, -0.2) is 30.0 Å². The second kappa shape index (κ2) is 7.80. The molecule has 0 radical (unpaired) electrons. The molecule has 2 atom stereocenters. The van der Waals surface area contributed by atoms with Gasteiger partial charge in [0, 0.05) is 11.3 Å². The van der Waals surface area contributed by atoms with Crippen molar-refractivity contribution in [2.75, 3.05) is 6.61 Å². The summed E-state index contributed by atoms with van der Waals surface area (Å²) in [5.41, 5.74) is 0. The van der Waals surface area contributed by atoms with E-state index in [1.54, 1.807) is 11.3 Å². The van der Waals surface area contributed by atoms with Crippen molar-refractivity contribution in [3.05, 3.63) is 21.9 Å². The van der Waals surface area contributed by atoms with Crippen LogP contribution in [0.5, 0.6) is 0 Å². The summed E-state index contributed by atoms with van der Waals surface area (Å²) in [6.45, 7) is 4.98. The summed E-state index contributed by atoms with van der Waals surface area (Å²) >= 11 is 1.66. The quantitative estimate of drug-likeness (QED) is 0.868. The molecule has 1 fully saturated rings. The van der Waals surface area contributed by atoms with Gasteiger partial charge in [-0.05, 0) is 38.8 Å². The number of thiophene rings is 1. The Morgan fingerprint density at radius 3 is 2.80 bits per heavy atom. The third-order valence-electron chi connectivity index (χ3n) is 3.23. The van der Waals surface area contributed by atoms with E-state index in [1.165, 1.54) is 4.88 Å². The average molecular weight is 294 g/mol. The molecule has 1 aliphatic rings. The van der Waals surface area contributed by atoms with Crippen molar-refractivity contribution in [3.8, 4) is 11.8 Å². The molecule has 1 saturated heterocycles. The van der Waals surface area contributed by atoms with Crippen LogP contribution in [0.4, 0.5) is 0 Å². The van der Waals surface area contributed by atoms with E-state index in [4.69, 9.17) is 14.6 Å². The Bertz CT molecular complexity index is 462. The molecule has 0 amide bonds. The summed E-state index contributed by atoms with van der Waals surface area (Å²) in [4.78, 5) is 2.23. The smallest absolute Gasteiger partial charge is 0.0813 e. The summed E-state index contributed by atoms with van der Waals surface area (Å²) < 4.78 is 11.7.